The SMILES string of the molecule is CCCC(C)COC(=O)N1CCC(C2CC2CCOC2=CC=C(N(N)C=NNC)CC2)CC1. The molecule has 2 aliphatic carbocycles. The van der Waals surface area contributed by atoms with E-state index in [2.05, 4.69) is 24.4 Å². The fourth-order valence-corrected chi connectivity index (χ4v) is 5.05. The molecular weight excluding hydrogens is 418 g/mol. The summed E-state index contributed by atoms with van der Waals surface area (Å²) in [5.74, 6) is 9.76. The van der Waals surface area contributed by atoms with Crippen LogP contribution in [0.15, 0.2) is 28.7 Å². The number of allylic oxidation sites excluding steroid dienone is 4. The zero-order chi connectivity index (χ0) is 23.6. The van der Waals surface area contributed by atoms with Gasteiger partial charge in [0.05, 0.1) is 19.0 Å². The van der Waals surface area contributed by atoms with Gasteiger partial charge >= 0.3 is 6.09 Å². The molecule has 0 aromatic heterocycles. The Balaban J connectivity index is 1.29. The third kappa shape index (κ3) is 7.95. The summed E-state index contributed by atoms with van der Waals surface area (Å²) in [6.45, 7) is 7.31. The topological polar surface area (TPSA) is 92.4 Å². The van der Waals surface area contributed by atoms with Crippen LogP contribution in [0.3, 0.4) is 0 Å². The van der Waals surface area contributed by atoms with E-state index in [4.69, 9.17) is 15.3 Å². The van der Waals surface area contributed by atoms with Gasteiger partial charge in [0.15, 0.2) is 0 Å². The Kier molecular flexibility index (Phi) is 9.91. The van der Waals surface area contributed by atoms with E-state index >= 15 is 0 Å². The molecule has 1 aliphatic heterocycles. The van der Waals surface area contributed by atoms with Crippen molar-refractivity contribution in [3.05, 3.63) is 23.6 Å². The molecule has 0 radical (unpaired) electrons. The van der Waals surface area contributed by atoms with Crippen LogP contribution in [-0.2, 0) is 9.47 Å². The van der Waals surface area contributed by atoms with Gasteiger partial charge in [0, 0.05) is 32.3 Å². The van der Waals surface area contributed by atoms with E-state index in [1.807, 2.05) is 17.1 Å². The van der Waals surface area contributed by atoms with Crippen LogP contribution in [0.5, 0.6) is 0 Å². The number of carbonyl (C=O) groups excluding carboxylic acids is 1. The second-order valence-corrected chi connectivity index (χ2v) is 9.76. The number of piperidine rings is 1. The van der Waals surface area contributed by atoms with Gasteiger partial charge in [0.1, 0.15) is 6.34 Å². The van der Waals surface area contributed by atoms with Crippen molar-refractivity contribution in [3.63, 3.8) is 0 Å². The van der Waals surface area contributed by atoms with E-state index in [0.717, 1.165) is 93.9 Å². The van der Waals surface area contributed by atoms with Gasteiger partial charge in [-0.3, -0.25) is 5.01 Å². The second kappa shape index (κ2) is 12.9. The molecule has 3 N–H and O–H groups in total. The summed E-state index contributed by atoms with van der Waals surface area (Å²) in [5.41, 5.74) is 3.72. The molecule has 3 aliphatic rings. The number of nitrogens with two attached hydrogens (primary N) is 1. The number of nitrogens with zero attached hydrogens (tertiary/aromatic N) is 3. The van der Waals surface area contributed by atoms with E-state index in [-0.39, 0.29) is 6.09 Å². The Morgan fingerprint density at radius 1 is 1.36 bits per heavy atom. The number of ether oxygens (including phenoxy) is 2. The number of likely N-dealkylation sites (tertiary alicyclic amines) is 1. The molecule has 33 heavy (non-hydrogen) atoms. The van der Waals surface area contributed by atoms with E-state index in [1.165, 1.54) is 11.4 Å². The summed E-state index contributed by atoms with van der Waals surface area (Å²) in [6.07, 6.45) is 14.1. The highest BCUT2D eigenvalue weighted by molar-refractivity contribution is 5.67. The van der Waals surface area contributed by atoms with Crippen molar-refractivity contribution in [2.24, 2.45) is 34.6 Å². The minimum Gasteiger partial charge on any atom is -0.498 e. The van der Waals surface area contributed by atoms with Crippen molar-refractivity contribution in [1.82, 2.24) is 15.3 Å². The third-order valence-corrected chi connectivity index (χ3v) is 7.16. The molecule has 2 fully saturated rings. The molecule has 8 nitrogen and oxygen atoms in total. The molecule has 3 atom stereocenters. The summed E-state index contributed by atoms with van der Waals surface area (Å²) < 4.78 is 11.6. The van der Waals surface area contributed by atoms with Crippen LogP contribution in [0, 0.1) is 23.7 Å². The van der Waals surface area contributed by atoms with Gasteiger partial charge in [-0.1, -0.05) is 20.3 Å². The number of hydrazone groups is 1. The second-order valence-electron chi connectivity index (χ2n) is 9.76. The van der Waals surface area contributed by atoms with Gasteiger partial charge in [-0.05, 0) is 74.3 Å². The molecule has 1 amide bonds. The quantitative estimate of drug-likeness (QED) is 0.196. The van der Waals surface area contributed by atoms with Gasteiger partial charge in [0.2, 0.25) is 0 Å². The van der Waals surface area contributed by atoms with Crippen LogP contribution in [0.2, 0.25) is 0 Å². The van der Waals surface area contributed by atoms with Crippen LogP contribution in [0.1, 0.15) is 65.2 Å². The van der Waals surface area contributed by atoms with E-state index < -0.39 is 0 Å². The van der Waals surface area contributed by atoms with Crippen molar-refractivity contribution in [2.45, 2.75) is 65.2 Å². The summed E-state index contributed by atoms with van der Waals surface area (Å²) >= 11 is 0. The Morgan fingerprint density at radius 3 is 2.82 bits per heavy atom. The van der Waals surface area contributed by atoms with E-state index in [1.54, 1.807) is 13.4 Å². The first-order chi connectivity index (χ1) is 16.0. The molecule has 3 unspecified atom stereocenters. The van der Waals surface area contributed by atoms with Crippen molar-refractivity contribution < 1.29 is 14.3 Å². The van der Waals surface area contributed by atoms with Gasteiger partial charge < -0.3 is 19.8 Å². The fourth-order valence-electron chi connectivity index (χ4n) is 5.05. The number of amides is 1. The molecular formula is C25H43N5O3. The average Bonchev–Trinajstić information content (AvgIpc) is 3.61. The Hall–Kier alpha value is -2.22. The Labute approximate surface area is 199 Å². The lowest BCUT2D eigenvalue weighted by Gasteiger charge is -2.32. The van der Waals surface area contributed by atoms with Crippen LogP contribution >= 0.6 is 0 Å². The molecule has 0 aromatic rings. The van der Waals surface area contributed by atoms with Gasteiger partial charge in [-0.2, -0.15) is 5.10 Å². The zero-order valence-electron chi connectivity index (χ0n) is 20.7. The minimum absolute atomic E-state index is 0.123. The molecule has 1 saturated heterocycles. The highest BCUT2D eigenvalue weighted by Gasteiger charge is 2.43. The molecule has 8 heteroatoms. The van der Waals surface area contributed by atoms with Crippen LogP contribution in [0.25, 0.3) is 0 Å². The van der Waals surface area contributed by atoms with Gasteiger partial charge in [-0.25, -0.2) is 10.6 Å². The number of hydrazine groups is 1. The summed E-state index contributed by atoms with van der Waals surface area (Å²) in [7, 11) is 1.74. The lowest BCUT2D eigenvalue weighted by atomic mass is 9.91. The minimum atomic E-state index is -0.123. The largest absolute Gasteiger partial charge is 0.498 e. The molecule has 3 rings (SSSR count). The molecule has 1 heterocycles. The highest BCUT2D eigenvalue weighted by Crippen LogP contribution is 2.49. The van der Waals surface area contributed by atoms with Gasteiger partial charge in [-0.15, -0.1) is 0 Å². The maximum atomic E-state index is 12.3. The molecule has 0 spiro atoms. The monoisotopic (exact) mass is 461 g/mol. The smallest absolute Gasteiger partial charge is 0.409 e. The van der Waals surface area contributed by atoms with E-state index in [0.29, 0.717) is 12.5 Å². The first kappa shape index (κ1) is 25.4. The lowest BCUT2D eigenvalue weighted by Crippen LogP contribution is -2.39. The van der Waals surface area contributed by atoms with Crippen LogP contribution in [0.4, 0.5) is 4.79 Å². The fraction of sp³-hybridized carbons (Fsp3) is 0.760. The number of carbonyl (C=O) groups is 1. The van der Waals surface area contributed by atoms with Crippen LogP contribution < -0.4 is 11.3 Å². The average molecular weight is 462 g/mol. The van der Waals surface area contributed by atoms with Crippen molar-refractivity contribution in [2.75, 3.05) is 33.4 Å². The maximum absolute atomic E-state index is 12.3. The number of nitrogens with one attached hydrogen (secondary N) is 1. The normalized spacial score (nSPS) is 24.2. The molecule has 186 valence electrons. The molecule has 0 aromatic carbocycles. The summed E-state index contributed by atoms with van der Waals surface area (Å²) in [6, 6.07) is 0. The first-order valence-corrected chi connectivity index (χ1v) is 12.7. The molecule has 1 saturated carbocycles. The number of hydrogen-bond acceptors (Lipinski definition) is 6. The Morgan fingerprint density at radius 2 is 2.15 bits per heavy atom. The summed E-state index contributed by atoms with van der Waals surface area (Å²) in [5, 5.41) is 5.47. The number of rotatable bonds is 12. The van der Waals surface area contributed by atoms with Gasteiger partial charge in [0.25, 0.3) is 0 Å². The summed E-state index contributed by atoms with van der Waals surface area (Å²) in [4.78, 5) is 14.2. The van der Waals surface area contributed by atoms with E-state index in [9.17, 15) is 4.79 Å². The first-order valence-electron chi connectivity index (χ1n) is 12.7. The predicted molar refractivity (Wildman–Crippen MR) is 131 cm³/mol. The van der Waals surface area contributed by atoms with Crippen molar-refractivity contribution in [1.29, 1.82) is 0 Å². The molecule has 0 bridgehead atoms. The lowest BCUT2D eigenvalue weighted by molar-refractivity contribution is 0.0735. The number of hydrogen-bond donors (Lipinski definition) is 2. The highest BCUT2D eigenvalue weighted by atomic mass is 16.6. The van der Waals surface area contributed by atoms with Crippen LogP contribution in [-0.4, -0.2) is 55.7 Å². The third-order valence-electron chi connectivity index (χ3n) is 7.16. The maximum Gasteiger partial charge on any atom is 0.409 e. The predicted octanol–water partition coefficient (Wildman–Crippen LogP) is 4.21. The van der Waals surface area contributed by atoms with Crippen molar-refractivity contribution >= 4 is 12.4 Å². The Bertz CT molecular complexity index is 715. The zero-order valence-corrected chi connectivity index (χ0v) is 20.7. The standard InChI is InChI=1S/C25H43N5O3/c1-4-5-19(2)17-33-25(31)29-13-10-20(11-14-29)24-16-21(24)12-15-32-23-8-6-22(7-9-23)30(26)18-28-27-3/h6,8,18-21,24,27H,4-5,7,9-17,26H2,1-3H3. The van der Waals surface area contributed by atoms with Crippen molar-refractivity contribution in [3.8, 4) is 0 Å².